The van der Waals surface area contributed by atoms with E-state index in [2.05, 4.69) is 11.0 Å². The quantitative estimate of drug-likeness (QED) is 0.619. The normalized spacial score (nSPS) is 12.3. The Morgan fingerprint density at radius 3 is 2.57 bits per heavy atom. The van der Waals surface area contributed by atoms with Crippen LogP contribution in [0.4, 0.5) is 0 Å². The first-order chi connectivity index (χ1) is 9.99. The van der Waals surface area contributed by atoms with Crippen LogP contribution < -0.4 is 4.80 Å². The Hall–Kier alpha value is -1.70. The van der Waals surface area contributed by atoms with E-state index >= 15 is 0 Å². The summed E-state index contributed by atoms with van der Waals surface area (Å²) in [4.78, 5) is 11.4. The monoisotopic (exact) mass is 342 g/mol. The minimum Gasteiger partial charge on any atom is -0.302 e. The molecular weight excluding hydrogens is 332 g/mol. The molecule has 0 N–H and O–H groups in total. The van der Waals surface area contributed by atoms with Crippen molar-refractivity contribution in [1.82, 2.24) is 4.57 Å². The van der Waals surface area contributed by atoms with Crippen LogP contribution in [0, 0.1) is 0 Å². The average molecular weight is 343 g/mol. The number of allylic oxidation sites excluding steroid dienone is 1. The van der Waals surface area contributed by atoms with Crippen LogP contribution in [-0.2, 0) is 16.6 Å². The van der Waals surface area contributed by atoms with Crippen molar-refractivity contribution in [3.05, 3.63) is 57.8 Å². The topological polar surface area (TPSA) is 68.5 Å². The van der Waals surface area contributed by atoms with Crippen LogP contribution in [0.3, 0.4) is 0 Å². The van der Waals surface area contributed by atoms with Crippen molar-refractivity contribution in [2.24, 2.45) is 4.40 Å². The molecule has 0 aliphatic heterocycles. The fourth-order valence-electron chi connectivity index (χ4n) is 1.59. The van der Waals surface area contributed by atoms with Crippen LogP contribution in [0.2, 0.25) is 5.15 Å². The van der Waals surface area contributed by atoms with Gasteiger partial charge in [-0.2, -0.15) is 8.42 Å². The summed E-state index contributed by atoms with van der Waals surface area (Å²) in [5.74, 6) is 0. The van der Waals surface area contributed by atoms with E-state index in [0.717, 1.165) is 11.3 Å². The Kier molecular flexibility index (Phi) is 4.76. The highest BCUT2D eigenvalue weighted by Crippen LogP contribution is 2.18. The van der Waals surface area contributed by atoms with Gasteiger partial charge in [-0.1, -0.05) is 47.2 Å². The molecule has 21 heavy (non-hydrogen) atoms. The minimum absolute atomic E-state index is 0.0762. The lowest BCUT2D eigenvalue weighted by Crippen LogP contribution is -2.16. The molecule has 0 saturated heterocycles. The number of rotatable bonds is 5. The Bertz CT molecular complexity index is 836. The molecule has 2 rings (SSSR count). The van der Waals surface area contributed by atoms with Crippen LogP contribution in [0.1, 0.15) is 9.67 Å². The highest BCUT2D eigenvalue weighted by atomic mass is 35.5. The Labute approximate surface area is 130 Å². The van der Waals surface area contributed by atoms with Crippen molar-refractivity contribution < 1.29 is 13.2 Å². The fraction of sp³-hybridized carbons (Fsp3) is 0.0769. The van der Waals surface area contributed by atoms with Gasteiger partial charge in [0.1, 0.15) is 10.0 Å². The van der Waals surface area contributed by atoms with Crippen LogP contribution in [-0.4, -0.2) is 19.3 Å². The maximum absolute atomic E-state index is 12.2. The van der Waals surface area contributed by atoms with Crippen LogP contribution in [0.15, 0.2) is 52.3 Å². The highest BCUT2D eigenvalue weighted by Gasteiger charge is 2.15. The summed E-state index contributed by atoms with van der Waals surface area (Å²) in [5, 5.41) is 0.150. The predicted octanol–water partition coefficient (Wildman–Crippen LogP) is 2.49. The second kappa shape index (κ2) is 6.38. The maximum Gasteiger partial charge on any atom is 0.285 e. The molecule has 0 saturated carbocycles. The van der Waals surface area contributed by atoms with Gasteiger partial charge in [0.05, 0.1) is 4.90 Å². The van der Waals surface area contributed by atoms with Gasteiger partial charge < -0.3 is 4.57 Å². The maximum atomic E-state index is 12.2. The molecule has 110 valence electrons. The standard InChI is InChI=1S/C13H11ClN2O3S2/c1-2-8-16-12(14)11(9-17)20-13(16)15-21(18,19)10-6-4-3-5-7-10/h2-7,9H,1,8H2/b15-13-. The molecule has 1 aromatic carbocycles. The number of aromatic nitrogens is 1. The van der Waals surface area contributed by atoms with Gasteiger partial charge in [-0.3, -0.25) is 4.79 Å². The Morgan fingerprint density at radius 1 is 1.33 bits per heavy atom. The molecule has 0 radical (unpaired) electrons. The fourth-order valence-corrected chi connectivity index (χ4v) is 4.02. The van der Waals surface area contributed by atoms with Gasteiger partial charge in [0, 0.05) is 6.54 Å². The average Bonchev–Trinajstić information content (AvgIpc) is 2.76. The lowest BCUT2D eigenvalue weighted by molar-refractivity contribution is 0.112. The van der Waals surface area contributed by atoms with Crippen molar-refractivity contribution in [3.8, 4) is 0 Å². The van der Waals surface area contributed by atoms with Gasteiger partial charge in [-0.05, 0) is 12.1 Å². The Morgan fingerprint density at radius 2 is 2.00 bits per heavy atom. The molecule has 0 spiro atoms. The molecule has 0 aliphatic rings. The number of carbonyl (C=O) groups is 1. The summed E-state index contributed by atoms with van der Waals surface area (Å²) in [6, 6.07) is 7.83. The van der Waals surface area contributed by atoms with Crippen LogP contribution in [0.25, 0.3) is 0 Å². The second-order valence-corrected chi connectivity index (χ2v) is 6.91. The summed E-state index contributed by atoms with van der Waals surface area (Å²) in [7, 11) is -3.86. The zero-order chi connectivity index (χ0) is 15.5. The predicted molar refractivity (Wildman–Crippen MR) is 82.1 cm³/mol. The largest absolute Gasteiger partial charge is 0.302 e. The van der Waals surface area contributed by atoms with E-state index in [1.807, 2.05) is 0 Å². The lowest BCUT2D eigenvalue weighted by Gasteiger charge is -2.00. The number of halogens is 1. The molecule has 0 atom stereocenters. The van der Waals surface area contributed by atoms with Gasteiger partial charge in [-0.15, -0.1) is 11.0 Å². The zero-order valence-corrected chi connectivity index (χ0v) is 13.2. The minimum atomic E-state index is -3.86. The zero-order valence-electron chi connectivity index (χ0n) is 10.8. The van der Waals surface area contributed by atoms with Crippen molar-refractivity contribution >= 4 is 39.2 Å². The van der Waals surface area contributed by atoms with E-state index in [1.54, 1.807) is 24.3 Å². The van der Waals surface area contributed by atoms with Crippen molar-refractivity contribution in [3.63, 3.8) is 0 Å². The molecule has 1 aromatic heterocycles. The molecule has 8 heteroatoms. The Balaban J connectivity index is 2.65. The summed E-state index contributed by atoms with van der Waals surface area (Å²) < 4.78 is 29.7. The van der Waals surface area contributed by atoms with Crippen LogP contribution >= 0.6 is 22.9 Å². The van der Waals surface area contributed by atoms with Crippen LogP contribution in [0.5, 0.6) is 0 Å². The van der Waals surface area contributed by atoms with E-state index in [1.165, 1.54) is 16.7 Å². The van der Waals surface area contributed by atoms with Crippen molar-refractivity contribution in [2.75, 3.05) is 0 Å². The number of thiazole rings is 1. The summed E-state index contributed by atoms with van der Waals surface area (Å²) in [5.41, 5.74) is 0. The SMILES string of the molecule is C=CCn1c(Cl)c(C=O)s/c1=N\S(=O)(=O)c1ccccc1. The number of aldehydes is 1. The van der Waals surface area contributed by atoms with Gasteiger partial charge in [-0.25, -0.2) is 0 Å². The van der Waals surface area contributed by atoms with E-state index in [0.29, 0.717) is 6.29 Å². The first-order valence-corrected chi connectivity index (χ1v) is 8.44. The molecule has 5 nitrogen and oxygen atoms in total. The number of sulfonamides is 1. The summed E-state index contributed by atoms with van der Waals surface area (Å²) >= 11 is 6.94. The molecule has 0 bridgehead atoms. The molecule has 0 amide bonds. The third-order valence-electron chi connectivity index (χ3n) is 2.53. The summed E-state index contributed by atoms with van der Waals surface area (Å²) in [6.07, 6.45) is 2.11. The molecule has 2 aromatic rings. The van der Waals surface area contributed by atoms with Gasteiger partial charge >= 0.3 is 0 Å². The first-order valence-electron chi connectivity index (χ1n) is 5.81. The second-order valence-electron chi connectivity index (χ2n) is 3.94. The van der Waals surface area contributed by atoms with Gasteiger partial charge in [0.25, 0.3) is 10.0 Å². The third-order valence-corrected chi connectivity index (χ3v) is 5.45. The summed E-state index contributed by atoms with van der Waals surface area (Å²) in [6.45, 7) is 3.83. The number of hydrogen-bond donors (Lipinski definition) is 0. The van der Waals surface area contributed by atoms with E-state index in [9.17, 15) is 13.2 Å². The lowest BCUT2D eigenvalue weighted by atomic mass is 10.4. The number of hydrogen-bond acceptors (Lipinski definition) is 4. The van der Waals surface area contributed by atoms with E-state index in [4.69, 9.17) is 11.6 Å². The number of benzene rings is 1. The smallest absolute Gasteiger partial charge is 0.285 e. The first kappa shape index (κ1) is 15.7. The molecule has 0 aliphatic carbocycles. The molecule has 0 unspecified atom stereocenters. The van der Waals surface area contributed by atoms with Crippen molar-refractivity contribution in [2.45, 2.75) is 11.4 Å². The van der Waals surface area contributed by atoms with Gasteiger partial charge in [0.2, 0.25) is 4.80 Å². The highest BCUT2D eigenvalue weighted by molar-refractivity contribution is 7.90. The van der Waals surface area contributed by atoms with E-state index < -0.39 is 10.0 Å². The van der Waals surface area contributed by atoms with E-state index in [-0.39, 0.29) is 26.3 Å². The third kappa shape index (κ3) is 3.31. The van der Waals surface area contributed by atoms with Crippen molar-refractivity contribution in [1.29, 1.82) is 0 Å². The number of nitrogens with zero attached hydrogens (tertiary/aromatic N) is 2. The molecular formula is C13H11ClN2O3S2. The van der Waals surface area contributed by atoms with Gasteiger partial charge in [0.15, 0.2) is 6.29 Å². The molecule has 1 heterocycles. The molecule has 0 fully saturated rings. The number of carbonyl (C=O) groups excluding carboxylic acids is 1.